The third-order valence-corrected chi connectivity index (χ3v) is 5.86. The van der Waals surface area contributed by atoms with Crippen molar-refractivity contribution in [2.45, 2.75) is 64.8 Å². The third kappa shape index (κ3) is 7.39. The van der Waals surface area contributed by atoms with E-state index in [2.05, 4.69) is 20.5 Å². The van der Waals surface area contributed by atoms with Crippen LogP contribution < -0.4 is 15.5 Å². The molecular formula is C23H38F2N6O. The van der Waals surface area contributed by atoms with Crippen molar-refractivity contribution in [3.05, 3.63) is 17.7 Å². The monoisotopic (exact) mass is 452 g/mol. The van der Waals surface area contributed by atoms with Crippen LogP contribution in [0.15, 0.2) is 12.1 Å². The molecule has 180 valence electrons. The SMILES string of the molecule is CC.CNc1nc(N2CCCCCC2)ccc1C(=N)C(=O)NC1CCN(CC(F)F)CC1. The molecule has 1 amide bonds. The van der Waals surface area contributed by atoms with Crippen LogP contribution in [0.5, 0.6) is 0 Å². The minimum Gasteiger partial charge on any atom is -0.373 e. The molecule has 0 unspecified atom stereocenters. The molecule has 1 aromatic rings. The number of nitrogens with zero attached hydrogens (tertiary/aromatic N) is 3. The molecule has 3 heterocycles. The first-order valence-electron chi connectivity index (χ1n) is 11.8. The molecular weight excluding hydrogens is 414 g/mol. The molecule has 3 N–H and O–H groups in total. The van der Waals surface area contributed by atoms with Crippen molar-refractivity contribution in [1.29, 1.82) is 5.41 Å². The molecule has 0 saturated carbocycles. The van der Waals surface area contributed by atoms with Crippen molar-refractivity contribution in [3.8, 4) is 0 Å². The highest BCUT2D eigenvalue weighted by Crippen LogP contribution is 2.22. The summed E-state index contributed by atoms with van der Waals surface area (Å²) in [5.74, 6) is 0.927. The van der Waals surface area contributed by atoms with Crippen LogP contribution in [0.2, 0.25) is 0 Å². The molecule has 1 aromatic heterocycles. The van der Waals surface area contributed by atoms with E-state index in [9.17, 15) is 13.6 Å². The second-order valence-electron chi connectivity index (χ2n) is 8.03. The lowest BCUT2D eigenvalue weighted by atomic mass is 10.0. The predicted octanol–water partition coefficient (Wildman–Crippen LogP) is 3.74. The fourth-order valence-corrected chi connectivity index (χ4v) is 4.15. The second-order valence-corrected chi connectivity index (χ2v) is 8.03. The van der Waals surface area contributed by atoms with E-state index in [0.29, 0.717) is 37.3 Å². The van der Waals surface area contributed by atoms with Gasteiger partial charge in [-0.15, -0.1) is 0 Å². The Morgan fingerprint density at radius 3 is 2.31 bits per heavy atom. The Hall–Kier alpha value is -2.29. The number of likely N-dealkylation sites (tertiary alicyclic amines) is 1. The van der Waals surface area contributed by atoms with Gasteiger partial charge in [0.25, 0.3) is 12.3 Å². The van der Waals surface area contributed by atoms with Gasteiger partial charge in [0.2, 0.25) is 0 Å². The van der Waals surface area contributed by atoms with E-state index in [-0.39, 0.29) is 18.3 Å². The van der Waals surface area contributed by atoms with Gasteiger partial charge in [-0.25, -0.2) is 13.8 Å². The standard InChI is InChI=1S/C21H32F2N6O.C2H6/c1-25-20-16(6-7-18(27-20)29-10-4-2-3-5-11-29)19(24)21(30)26-15-8-12-28(13-9-15)14-17(22)23;1-2/h6-7,15,17,24H,2-5,8-14H2,1H3,(H,25,27)(H,26,30);1-2H3. The summed E-state index contributed by atoms with van der Waals surface area (Å²) >= 11 is 0. The van der Waals surface area contributed by atoms with Crippen LogP contribution in [0, 0.1) is 5.41 Å². The highest BCUT2D eigenvalue weighted by atomic mass is 19.3. The summed E-state index contributed by atoms with van der Waals surface area (Å²) in [4.78, 5) is 21.3. The number of amides is 1. The average Bonchev–Trinajstić information content (AvgIpc) is 3.10. The first kappa shape index (κ1) is 26.0. The molecule has 0 bridgehead atoms. The lowest BCUT2D eigenvalue weighted by Crippen LogP contribution is -2.47. The summed E-state index contributed by atoms with van der Waals surface area (Å²) in [6.45, 7) is 6.76. The number of anilines is 2. The highest BCUT2D eigenvalue weighted by molar-refractivity contribution is 6.45. The Labute approximate surface area is 190 Å². The fourth-order valence-electron chi connectivity index (χ4n) is 4.15. The van der Waals surface area contributed by atoms with Crippen molar-refractivity contribution in [2.24, 2.45) is 0 Å². The maximum atomic E-state index is 12.6. The number of piperidine rings is 1. The number of carbonyl (C=O) groups excluding carboxylic acids is 1. The molecule has 0 aliphatic carbocycles. The summed E-state index contributed by atoms with van der Waals surface area (Å²) in [6.07, 6.45) is 3.64. The Kier molecular flexibility index (Phi) is 10.8. The summed E-state index contributed by atoms with van der Waals surface area (Å²) in [7, 11) is 1.74. The highest BCUT2D eigenvalue weighted by Gasteiger charge is 2.25. The van der Waals surface area contributed by atoms with Gasteiger partial charge in [0.1, 0.15) is 17.3 Å². The quantitative estimate of drug-likeness (QED) is 0.549. The van der Waals surface area contributed by atoms with Gasteiger partial charge in [0.05, 0.1) is 6.54 Å². The summed E-state index contributed by atoms with van der Waals surface area (Å²) < 4.78 is 25.0. The molecule has 0 aromatic carbocycles. The molecule has 32 heavy (non-hydrogen) atoms. The molecule has 9 heteroatoms. The van der Waals surface area contributed by atoms with Crippen LogP contribution in [0.1, 0.15) is 57.9 Å². The first-order chi connectivity index (χ1) is 15.5. The van der Waals surface area contributed by atoms with Gasteiger partial charge in [-0.3, -0.25) is 15.1 Å². The van der Waals surface area contributed by atoms with Crippen molar-refractivity contribution >= 4 is 23.3 Å². The van der Waals surface area contributed by atoms with Crippen LogP contribution in [-0.2, 0) is 4.79 Å². The Morgan fingerprint density at radius 1 is 1.12 bits per heavy atom. The van der Waals surface area contributed by atoms with E-state index in [1.165, 1.54) is 12.8 Å². The van der Waals surface area contributed by atoms with Gasteiger partial charge in [-0.05, 0) is 37.8 Å². The predicted molar refractivity (Wildman–Crippen MR) is 126 cm³/mol. The molecule has 2 aliphatic rings. The number of nitrogens with one attached hydrogen (secondary N) is 3. The van der Waals surface area contributed by atoms with Gasteiger partial charge in [-0.1, -0.05) is 26.7 Å². The zero-order valence-corrected chi connectivity index (χ0v) is 19.6. The van der Waals surface area contributed by atoms with Crippen molar-refractivity contribution in [3.63, 3.8) is 0 Å². The number of alkyl halides is 2. The number of rotatable bonds is 7. The van der Waals surface area contributed by atoms with Crippen molar-refractivity contribution < 1.29 is 13.6 Å². The molecule has 0 radical (unpaired) electrons. The van der Waals surface area contributed by atoms with Crippen LogP contribution >= 0.6 is 0 Å². The number of aromatic nitrogens is 1. The summed E-state index contributed by atoms with van der Waals surface area (Å²) in [5.41, 5.74) is 0.327. The van der Waals surface area contributed by atoms with Crippen LogP contribution in [0.3, 0.4) is 0 Å². The minimum absolute atomic E-state index is 0.103. The largest absolute Gasteiger partial charge is 0.373 e. The molecule has 0 spiro atoms. The van der Waals surface area contributed by atoms with E-state index < -0.39 is 12.3 Å². The van der Waals surface area contributed by atoms with E-state index in [0.717, 1.165) is 31.7 Å². The van der Waals surface area contributed by atoms with E-state index in [1.54, 1.807) is 18.0 Å². The van der Waals surface area contributed by atoms with Crippen molar-refractivity contribution in [2.75, 3.05) is 50.0 Å². The number of hydrogen-bond acceptors (Lipinski definition) is 6. The Morgan fingerprint density at radius 2 is 1.75 bits per heavy atom. The second kappa shape index (κ2) is 13.3. The minimum atomic E-state index is -2.34. The molecule has 2 fully saturated rings. The number of hydrogen-bond donors (Lipinski definition) is 3. The van der Waals surface area contributed by atoms with E-state index in [4.69, 9.17) is 5.41 Å². The van der Waals surface area contributed by atoms with Crippen LogP contribution in [0.4, 0.5) is 20.4 Å². The zero-order chi connectivity index (χ0) is 23.5. The molecule has 3 rings (SSSR count). The Balaban J connectivity index is 0.00000176. The van der Waals surface area contributed by atoms with Crippen LogP contribution in [0.25, 0.3) is 0 Å². The lowest BCUT2D eigenvalue weighted by molar-refractivity contribution is -0.115. The fraction of sp³-hybridized carbons (Fsp3) is 0.696. The lowest BCUT2D eigenvalue weighted by Gasteiger charge is -2.32. The smallest absolute Gasteiger partial charge is 0.270 e. The first-order valence-corrected chi connectivity index (χ1v) is 11.8. The van der Waals surface area contributed by atoms with Gasteiger partial charge >= 0.3 is 0 Å². The van der Waals surface area contributed by atoms with Gasteiger partial charge in [-0.2, -0.15) is 0 Å². The zero-order valence-electron chi connectivity index (χ0n) is 19.6. The normalized spacial score (nSPS) is 17.9. The third-order valence-electron chi connectivity index (χ3n) is 5.86. The Bertz CT molecular complexity index is 729. The maximum absolute atomic E-state index is 12.6. The number of pyridine rings is 1. The average molecular weight is 453 g/mol. The van der Waals surface area contributed by atoms with E-state index in [1.807, 2.05) is 19.9 Å². The summed E-state index contributed by atoms with van der Waals surface area (Å²) in [5, 5.41) is 14.3. The van der Waals surface area contributed by atoms with Crippen molar-refractivity contribution in [1.82, 2.24) is 15.2 Å². The van der Waals surface area contributed by atoms with E-state index >= 15 is 0 Å². The summed E-state index contributed by atoms with van der Waals surface area (Å²) in [6, 6.07) is 3.56. The topological polar surface area (TPSA) is 84.4 Å². The molecule has 7 nitrogen and oxygen atoms in total. The molecule has 0 atom stereocenters. The number of halogens is 2. The number of carbonyl (C=O) groups is 1. The maximum Gasteiger partial charge on any atom is 0.270 e. The molecule has 2 aliphatic heterocycles. The van der Waals surface area contributed by atoms with Crippen LogP contribution in [-0.4, -0.2) is 73.7 Å². The van der Waals surface area contributed by atoms with Gasteiger partial charge in [0, 0.05) is 44.8 Å². The molecule has 2 saturated heterocycles. The van der Waals surface area contributed by atoms with Gasteiger partial charge < -0.3 is 15.5 Å². The van der Waals surface area contributed by atoms with Gasteiger partial charge in [0.15, 0.2) is 0 Å².